The highest BCUT2D eigenvalue weighted by Gasteiger charge is 2.35. The van der Waals surface area contributed by atoms with Gasteiger partial charge in [0.2, 0.25) is 0 Å². The lowest BCUT2D eigenvalue weighted by Gasteiger charge is -2.37. The minimum absolute atomic E-state index is 0.540. The molecule has 0 unspecified atom stereocenters. The van der Waals surface area contributed by atoms with E-state index in [4.69, 9.17) is 4.98 Å². The average Bonchev–Trinajstić information content (AvgIpc) is 2.96. The molecule has 4 heteroatoms. The quantitative estimate of drug-likeness (QED) is 0.837. The number of aromatic nitrogens is 2. The number of likely N-dealkylation sites (tertiary alicyclic amines) is 1. The van der Waals surface area contributed by atoms with Crippen molar-refractivity contribution < 1.29 is 0 Å². The van der Waals surface area contributed by atoms with E-state index in [1.807, 2.05) is 6.33 Å². The Morgan fingerprint density at radius 2 is 1.95 bits per heavy atom. The van der Waals surface area contributed by atoms with Gasteiger partial charge < -0.3 is 9.47 Å². The summed E-state index contributed by atoms with van der Waals surface area (Å²) in [6.07, 6.45) is 8.84. The van der Waals surface area contributed by atoms with Crippen molar-refractivity contribution in [2.45, 2.75) is 38.1 Å². The van der Waals surface area contributed by atoms with Gasteiger partial charge in [-0.15, -0.1) is 0 Å². The standard InChI is InChI=1S/C16H26N4/c1-18-12-17-16-14(18)6-9-20(10-13-4-5-13)15(16)11-19-7-2-3-8-19/h12-13,15H,2-11H2,1H3/t15-/m1/s1. The highest BCUT2D eigenvalue weighted by Crippen LogP contribution is 2.36. The van der Waals surface area contributed by atoms with E-state index in [1.54, 1.807) is 0 Å². The zero-order valence-corrected chi connectivity index (χ0v) is 12.6. The van der Waals surface area contributed by atoms with Gasteiger partial charge >= 0.3 is 0 Å². The molecule has 3 aliphatic rings. The monoisotopic (exact) mass is 274 g/mol. The van der Waals surface area contributed by atoms with Crippen LogP contribution < -0.4 is 0 Å². The van der Waals surface area contributed by atoms with Gasteiger partial charge in [-0.05, 0) is 44.7 Å². The second-order valence-corrected chi connectivity index (χ2v) is 6.90. The molecule has 0 amide bonds. The average molecular weight is 274 g/mol. The lowest BCUT2D eigenvalue weighted by atomic mass is 10.0. The van der Waals surface area contributed by atoms with Crippen LogP contribution in [0, 0.1) is 5.92 Å². The Bertz CT molecular complexity index is 471. The minimum Gasteiger partial charge on any atom is -0.337 e. The van der Waals surface area contributed by atoms with Crippen LogP contribution in [0.25, 0.3) is 0 Å². The Hall–Kier alpha value is -0.870. The molecule has 1 atom stereocenters. The van der Waals surface area contributed by atoms with E-state index < -0.39 is 0 Å². The maximum atomic E-state index is 4.75. The van der Waals surface area contributed by atoms with Gasteiger partial charge in [-0.1, -0.05) is 0 Å². The zero-order valence-electron chi connectivity index (χ0n) is 12.6. The highest BCUT2D eigenvalue weighted by molar-refractivity contribution is 5.21. The fourth-order valence-electron chi connectivity index (χ4n) is 3.90. The van der Waals surface area contributed by atoms with Gasteiger partial charge in [0.1, 0.15) is 0 Å². The molecule has 4 nitrogen and oxygen atoms in total. The number of rotatable bonds is 4. The van der Waals surface area contributed by atoms with Crippen molar-refractivity contribution in [3.05, 3.63) is 17.7 Å². The molecular formula is C16H26N4. The van der Waals surface area contributed by atoms with Gasteiger partial charge in [0, 0.05) is 38.8 Å². The number of fused-ring (bicyclic) bond motifs is 1. The van der Waals surface area contributed by atoms with E-state index in [1.165, 1.54) is 76.2 Å². The second-order valence-electron chi connectivity index (χ2n) is 6.90. The SMILES string of the molecule is Cn1cnc2c1CCN(CC1CC1)[C@@H]2CN1CCCC1. The van der Waals surface area contributed by atoms with Gasteiger partial charge in [-0.3, -0.25) is 4.90 Å². The predicted octanol–water partition coefficient (Wildman–Crippen LogP) is 1.83. The van der Waals surface area contributed by atoms with Crippen molar-refractivity contribution in [3.8, 4) is 0 Å². The highest BCUT2D eigenvalue weighted by atomic mass is 15.3. The molecule has 4 rings (SSSR count). The van der Waals surface area contributed by atoms with Crippen LogP contribution in [0.5, 0.6) is 0 Å². The first-order valence-corrected chi connectivity index (χ1v) is 8.28. The lowest BCUT2D eigenvalue weighted by molar-refractivity contribution is 0.131. The molecule has 110 valence electrons. The van der Waals surface area contributed by atoms with Crippen molar-refractivity contribution in [1.82, 2.24) is 19.4 Å². The molecule has 20 heavy (non-hydrogen) atoms. The summed E-state index contributed by atoms with van der Waals surface area (Å²) in [7, 11) is 2.15. The molecule has 2 aliphatic heterocycles. The number of hydrogen-bond acceptors (Lipinski definition) is 3. The molecule has 1 aromatic heterocycles. The molecule has 1 aliphatic carbocycles. The maximum absolute atomic E-state index is 4.75. The van der Waals surface area contributed by atoms with E-state index in [-0.39, 0.29) is 0 Å². The second kappa shape index (κ2) is 5.15. The van der Waals surface area contributed by atoms with Crippen LogP contribution in [0.2, 0.25) is 0 Å². The van der Waals surface area contributed by atoms with Crippen LogP contribution in [-0.4, -0.2) is 52.1 Å². The summed E-state index contributed by atoms with van der Waals surface area (Å²) in [5.41, 5.74) is 2.84. The molecule has 0 aromatic carbocycles. The van der Waals surface area contributed by atoms with Crippen molar-refractivity contribution >= 4 is 0 Å². The van der Waals surface area contributed by atoms with Crippen molar-refractivity contribution in [2.75, 3.05) is 32.7 Å². The largest absolute Gasteiger partial charge is 0.337 e. The van der Waals surface area contributed by atoms with Crippen LogP contribution in [0.15, 0.2) is 6.33 Å². The third-order valence-electron chi connectivity index (χ3n) is 5.30. The Morgan fingerprint density at radius 1 is 1.15 bits per heavy atom. The molecule has 1 aromatic rings. The molecule has 0 N–H and O–H groups in total. The summed E-state index contributed by atoms with van der Waals surface area (Å²) < 4.78 is 2.24. The van der Waals surface area contributed by atoms with Crippen molar-refractivity contribution in [1.29, 1.82) is 0 Å². The van der Waals surface area contributed by atoms with E-state index >= 15 is 0 Å². The fourth-order valence-corrected chi connectivity index (χ4v) is 3.90. The first kappa shape index (κ1) is 12.8. The normalized spacial score (nSPS) is 27.9. The van der Waals surface area contributed by atoms with Crippen LogP contribution >= 0.6 is 0 Å². The van der Waals surface area contributed by atoms with Crippen LogP contribution in [0.3, 0.4) is 0 Å². The zero-order chi connectivity index (χ0) is 13.5. The maximum Gasteiger partial charge on any atom is 0.0949 e. The van der Waals surface area contributed by atoms with Crippen molar-refractivity contribution in [3.63, 3.8) is 0 Å². The van der Waals surface area contributed by atoms with Gasteiger partial charge in [0.05, 0.1) is 18.1 Å². The minimum atomic E-state index is 0.540. The van der Waals surface area contributed by atoms with Gasteiger partial charge in [-0.25, -0.2) is 4.98 Å². The molecule has 3 heterocycles. The third-order valence-corrected chi connectivity index (χ3v) is 5.30. The first-order valence-electron chi connectivity index (χ1n) is 8.28. The first-order chi connectivity index (χ1) is 9.81. The van der Waals surface area contributed by atoms with E-state index in [2.05, 4.69) is 21.4 Å². The molecule has 0 bridgehead atoms. The summed E-state index contributed by atoms with van der Waals surface area (Å²) in [5, 5.41) is 0. The number of hydrogen-bond donors (Lipinski definition) is 0. The molecule has 0 radical (unpaired) electrons. The topological polar surface area (TPSA) is 24.3 Å². The molecule has 1 saturated carbocycles. The molecule has 2 fully saturated rings. The molecule has 0 spiro atoms. The Balaban J connectivity index is 1.56. The van der Waals surface area contributed by atoms with E-state index in [0.717, 1.165) is 5.92 Å². The number of imidazole rings is 1. The number of aryl methyl sites for hydroxylation is 1. The molecular weight excluding hydrogens is 248 g/mol. The smallest absolute Gasteiger partial charge is 0.0949 e. The summed E-state index contributed by atoms with van der Waals surface area (Å²) in [6, 6.07) is 0.540. The summed E-state index contributed by atoms with van der Waals surface area (Å²) in [4.78, 5) is 10.1. The van der Waals surface area contributed by atoms with E-state index in [0.29, 0.717) is 6.04 Å². The fraction of sp³-hybridized carbons (Fsp3) is 0.812. The third kappa shape index (κ3) is 2.40. The van der Waals surface area contributed by atoms with Crippen LogP contribution in [0.1, 0.15) is 43.1 Å². The summed E-state index contributed by atoms with van der Waals surface area (Å²) in [5.74, 6) is 0.973. The summed E-state index contributed by atoms with van der Waals surface area (Å²) in [6.45, 7) is 6.29. The van der Waals surface area contributed by atoms with E-state index in [9.17, 15) is 0 Å². The predicted molar refractivity (Wildman–Crippen MR) is 79.6 cm³/mol. The van der Waals surface area contributed by atoms with Crippen molar-refractivity contribution in [2.24, 2.45) is 13.0 Å². The van der Waals surface area contributed by atoms with Gasteiger partial charge in [0.15, 0.2) is 0 Å². The Labute approximate surface area is 121 Å². The lowest BCUT2D eigenvalue weighted by Crippen LogP contribution is -2.42. The van der Waals surface area contributed by atoms with Gasteiger partial charge in [-0.2, -0.15) is 0 Å². The Morgan fingerprint density at radius 3 is 2.70 bits per heavy atom. The van der Waals surface area contributed by atoms with Gasteiger partial charge in [0.25, 0.3) is 0 Å². The summed E-state index contributed by atoms with van der Waals surface area (Å²) >= 11 is 0. The number of nitrogens with zero attached hydrogens (tertiary/aromatic N) is 4. The molecule has 1 saturated heterocycles. The Kier molecular flexibility index (Phi) is 3.31. The van der Waals surface area contributed by atoms with Crippen LogP contribution in [-0.2, 0) is 13.5 Å². The van der Waals surface area contributed by atoms with Crippen LogP contribution in [0.4, 0.5) is 0 Å².